The van der Waals surface area contributed by atoms with Gasteiger partial charge in [0.1, 0.15) is 11.5 Å². The smallest absolute Gasteiger partial charge is 0.125 e. The minimum Gasteiger partial charge on any atom is -0.493 e. The third kappa shape index (κ3) is 5.64. The van der Waals surface area contributed by atoms with Crippen LogP contribution in [-0.2, 0) is 25.7 Å². The van der Waals surface area contributed by atoms with Crippen molar-refractivity contribution in [3.63, 3.8) is 0 Å². The van der Waals surface area contributed by atoms with Crippen LogP contribution in [-0.4, -0.2) is 13.2 Å². The van der Waals surface area contributed by atoms with E-state index in [1.807, 2.05) is 27.7 Å². The van der Waals surface area contributed by atoms with E-state index >= 15 is 0 Å². The highest BCUT2D eigenvalue weighted by Crippen LogP contribution is 2.37. The first-order valence-corrected chi connectivity index (χ1v) is 12.6. The van der Waals surface area contributed by atoms with E-state index < -0.39 is 0 Å². The zero-order valence-corrected chi connectivity index (χ0v) is 21.3. The highest BCUT2D eigenvalue weighted by Gasteiger charge is 2.21. The van der Waals surface area contributed by atoms with Gasteiger partial charge < -0.3 is 9.47 Å². The molecule has 2 aromatic rings. The van der Waals surface area contributed by atoms with Gasteiger partial charge >= 0.3 is 0 Å². The first kappa shape index (κ1) is 25.3. The molecular weight excluding hydrogens is 380 g/mol. The summed E-state index contributed by atoms with van der Waals surface area (Å²) in [6.45, 7) is 18.3. The highest BCUT2D eigenvalue weighted by atomic mass is 16.5. The molecule has 0 amide bonds. The Bertz CT molecular complexity index is 793. The van der Waals surface area contributed by atoms with E-state index in [9.17, 15) is 0 Å². The number of aryl methyl sites for hydroxylation is 4. The Hall–Kier alpha value is -1.96. The van der Waals surface area contributed by atoms with Crippen molar-refractivity contribution in [1.82, 2.24) is 0 Å². The zero-order chi connectivity index (χ0) is 23.0. The lowest BCUT2D eigenvalue weighted by Crippen LogP contribution is -2.09. The van der Waals surface area contributed by atoms with Crippen LogP contribution < -0.4 is 9.47 Å². The van der Waals surface area contributed by atoms with Gasteiger partial charge in [-0.1, -0.05) is 39.8 Å². The first-order valence-electron chi connectivity index (χ1n) is 12.6. The molecule has 0 N–H and O–H groups in total. The molecule has 0 fully saturated rings. The Morgan fingerprint density at radius 2 is 0.903 bits per heavy atom. The molecule has 0 spiro atoms. The molecule has 2 aliphatic carbocycles. The number of hydrogen-bond acceptors (Lipinski definition) is 2. The van der Waals surface area contributed by atoms with Gasteiger partial charge in [-0.3, -0.25) is 0 Å². The molecule has 4 rings (SSSR count). The van der Waals surface area contributed by atoms with Crippen molar-refractivity contribution in [2.24, 2.45) is 0 Å². The second-order valence-corrected chi connectivity index (χ2v) is 8.35. The standard InChI is InChI=1S/C25H32O2.2C2H6/c1-16-14-18(3)24(22-10-5-8-20(16)22)26-12-7-13-27-25-19(4)15-17(2)21-9-6-11-23(21)25;2*1-2/h14-15H,5-13H2,1-4H3;2*1-2H3. The molecule has 0 atom stereocenters. The maximum Gasteiger partial charge on any atom is 0.125 e. The highest BCUT2D eigenvalue weighted by molar-refractivity contribution is 5.53. The van der Waals surface area contributed by atoms with Crippen molar-refractivity contribution in [2.75, 3.05) is 13.2 Å². The molecule has 0 heterocycles. The van der Waals surface area contributed by atoms with Crippen LogP contribution in [0.2, 0.25) is 0 Å². The maximum atomic E-state index is 6.23. The third-order valence-electron chi connectivity index (χ3n) is 6.30. The largest absolute Gasteiger partial charge is 0.493 e. The lowest BCUT2D eigenvalue weighted by atomic mass is 10.00. The van der Waals surface area contributed by atoms with Gasteiger partial charge in [0, 0.05) is 6.42 Å². The van der Waals surface area contributed by atoms with E-state index in [1.165, 1.54) is 83.0 Å². The fourth-order valence-corrected chi connectivity index (χ4v) is 5.10. The molecule has 2 nitrogen and oxygen atoms in total. The maximum absolute atomic E-state index is 6.23. The summed E-state index contributed by atoms with van der Waals surface area (Å²) in [4.78, 5) is 0. The Balaban J connectivity index is 0.000000807. The topological polar surface area (TPSA) is 18.5 Å². The quantitative estimate of drug-likeness (QED) is 0.440. The monoisotopic (exact) mass is 424 g/mol. The van der Waals surface area contributed by atoms with Gasteiger partial charge in [-0.25, -0.2) is 0 Å². The molecule has 0 saturated carbocycles. The van der Waals surface area contributed by atoms with Crippen LogP contribution in [0.25, 0.3) is 0 Å². The van der Waals surface area contributed by atoms with Crippen LogP contribution in [0.4, 0.5) is 0 Å². The molecule has 2 aromatic carbocycles. The summed E-state index contributed by atoms with van der Waals surface area (Å²) in [5.41, 5.74) is 11.4. The molecule has 31 heavy (non-hydrogen) atoms. The zero-order valence-electron chi connectivity index (χ0n) is 21.3. The van der Waals surface area contributed by atoms with Crippen LogP contribution in [0.3, 0.4) is 0 Å². The molecular formula is C29H44O2. The number of benzene rings is 2. The van der Waals surface area contributed by atoms with Gasteiger partial charge in [0.15, 0.2) is 0 Å². The number of rotatable bonds is 6. The van der Waals surface area contributed by atoms with Crippen molar-refractivity contribution in [2.45, 2.75) is 100 Å². The van der Waals surface area contributed by atoms with Crippen molar-refractivity contribution in [3.8, 4) is 11.5 Å². The van der Waals surface area contributed by atoms with E-state index in [2.05, 4.69) is 39.8 Å². The van der Waals surface area contributed by atoms with Gasteiger partial charge in [-0.05, 0) is 111 Å². The summed E-state index contributed by atoms with van der Waals surface area (Å²) >= 11 is 0. The molecule has 0 unspecified atom stereocenters. The number of ether oxygens (including phenoxy) is 2. The Morgan fingerprint density at radius 1 is 0.548 bits per heavy atom. The van der Waals surface area contributed by atoms with Crippen molar-refractivity contribution in [3.05, 3.63) is 56.6 Å². The number of hydrogen-bond donors (Lipinski definition) is 0. The van der Waals surface area contributed by atoms with Gasteiger partial charge in [0.25, 0.3) is 0 Å². The second kappa shape index (κ2) is 12.2. The second-order valence-electron chi connectivity index (χ2n) is 8.35. The van der Waals surface area contributed by atoms with E-state index in [4.69, 9.17) is 9.47 Å². The van der Waals surface area contributed by atoms with E-state index in [-0.39, 0.29) is 0 Å². The van der Waals surface area contributed by atoms with Crippen LogP contribution in [0, 0.1) is 27.7 Å². The Kier molecular flexibility index (Phi) is 9.93. The summed E-state index contributed by atoms with van der Waals surface area (Å²) in [5.74, 6) is 2.28. The van der Waals surface area contributed by atoms with E-state index in [0.717, 1.165) is 31.1 Å². The summed E-state index contributed by atoms with van der Waals surface area (Å²) in [6, 6.07) is 4.57. The minimum atomic E-state index is 0.726. The lowest BCUT2D eigenvalue weighted by Gasteiger charge is -2.17. The Morgan fingerprint density at radius 3 is 1.29 bits per heavy atom. The van der Waals surface area contributed by atoms with Crippen LogP contribution in [0.1, 0.15) is 91.5 Å². The van der Waals surface area contributed by atoms with Crippen LogP contribution >= 0.6 is 0 Å². The summed E-state index contributed by atoms with van der Waals surface area (Å²) in [7, 11) is 0. The van der Waals surface area contributed by atoms with Gasteiger partial charge in [-0.2, -0.15) is 0 Å². The molecule has 0 radical (unpaired) electrons. The minimum absolute atomic E-state index is 0.726. The molecule has 0 aromatic heterocycles. The summed E-state index contributed by atoms with van der Waals surface area (Å²) < 4.78 is 12.5. The Labute approximate surface area is 191 Å². The first-order chi connectivity index (χ1) is 15.1. The molecule has 172 valence electrons. The predicted octanol–water partition coefficient (Wildman–Crippen LogP) is 7.80. The van der Waals surface area contributed by atoms with Crippen molar-refractivity contribution < 1.29 is 9.47 Å². The van der Waals surface area contributed by atoms with E-state index in [0.29, 0.717) is 0 Å². The molecule has 0 bridgehead atoms. The third-order valence-corrected chi connectivity index (χ3v) is 6.30. The SMILES string of the molecule is CC.CC.Cc1cc(C)c(OCCCOc2c(C)cc(C)c3c2CCC3)c2c1CCC2. The van der Waals surface area contributed by atoms with Gasteiger partial charge in [-0.15, -0.1) is 0 Å². The fourth-order valence-electron chi connectivity index (χ4n) is 5.10. The summed E-state index contributed by atoms with van der Waals surface area (Å²) in [6.07, 6.45) is 8.19. The van der Waals surface area contributed by atoms with Crippen LogP contribution in [0.5, 0.6) is 11.5 Å². The average molecular weight is 425 g/mol. The van der Waals surface area contributed by atoms with Gasteiger partial charge in [0.05, 0.1) is 13.2 Å². The molecule has 2 heteroatoms. The number of fused-ring (bicyclic) bond motifs is 2. The van der Waals surface area contributed by atoms with Crippen LogP contribution in [0.15, 0.2) is 12.1 Å². The summed E-state index contributed by atoms with van der Waals surface area (Å²) in [5, 5.41) is 0. The van der Waals surface area contributed by atoms with Crippen molar-refractivity contribution >= 4 is 0 Å². The van der Waals surface area contributed by atoms with Crippen molar-refractivity contribution in [1.29, 1.82) is 0 Å². The fraction of sp³-hybridized carbons (Fsp3) is 0.586. The predicted molar refractivity (Wildman–Crippen MR) is 134 cm³/mol. The molecule has 2 aliphatic rings. The average Bonchev–Trinajstić information content (AvgIpc) is 3.45. The molecule has 0 saturated heterocycles. The lowest BCUT2D eigenvalue weighted by molar-refractivity contribution is 0.243. The normalized spacial score (nSPS) is 13.4. The van der Waals surface area contributed by atoms with E-state index in [1.54, 1.807) is 0 Å². The molecule has 0 aliphatic heterocycles. The van der Waals surface area contributed by atoms with Gasteiger partial charge in [0.2, 0.25) is 0 Å².